The van der Waals surface area contributed by atoms with Gasteiger partial charge >= 0.3 is 0 Å². The number of aromatic nitrogens is 3. The van der Waals surface area contributed by atoms with E-state index in [0.29, 0.717) is 40.5 Å². The van der Waals surface area contributed by atoms with Gasteiger partial charge in [-0.2, -0.15) is 0 Å². The first-order valence-electron chi connectivity index (χ1n) is 9.55. The average Bonchev–Trinajstić information content (AvgIpc) is 3.27. The molecule has 8 heteroatoms. The van der Waals surface area contributed by atoms with Gasteiger partial charge in [-0.05, 0) is 37.1 Å². The van der Waals surface area contributed by atoms with Gasteiger partial charge in [0.05, 0.1) is 37.9 Å². The van der Waals surface area contributed by atoms with Crippen molar-refractivity contribution in [3.8, 4) is 22.8 Å². The third-order valence-corrected chi connectivity index (χ3v) is 5.10. The Balaban J connectivity index is 1.81. The number of pyridine rings is 1. The second kappa shape index (κ2) is 8.08. The van der Waals surface area contributed by atoms with Crippen LogP contribution in [-0.4, -0.2) is 48.0 Å². The van der Waals surface area contributed by atoms with Crippen LogP contribution in [0.4, 0.5) is 5.82 Å². The summed E-state index contributed by atoms with van der Waals surface area (Å²) in [5.74, 6) is 1.76. The SMILES string of the molecule is COc1ccc(-c2cc3ncn(C)c(=O)c3c(NC[C@@H]3CCCO3)n2)cc1OC. The van der Waals surface area contributed by atoms with Gasteiger partial charge in [-0.1, -0.05) is 0 Å². The second-order valence-electron chi connectivity index (χ2n) is 7.00. The number of nitrogens with zero attached hydrogens (tertiary/aromatic N) is 3. The summed E-state index contributed by atoms with van der Waals surface area (Å²) in [5, 5.41) is 3.78. The summed E-state index contributed by atoms with van der Waals surface area (Å²) in [6.07, 6.45) is 3.69. The molecular formula is C21H24N4O4. The molecule has 0 radical (unpaired) electrons. The molecule has 1 atom stereocenters. The highest BCUT2D eigenvalue weighted by molar-refractivity contribution is 5.91. The van der Waals surface area contributed by atoms with Crippen molar-refractivity contribution in [3.63, 3.8) is 0 Å². The monoisotopic (exact) mass is 396 g/mol. The van der Waals surface area contributed by atoms with Crippen molar-refractivity contribution in [2.24, 2.45) is 7.05 Å². The van der Waals surface area contributed by atoms with Crippen LogP contribution in [-0.2, 0) is 11.8 Å². The van der Waals surface area contributed by atoms with E-state index in [1.54, 1.807) is 21.3 Å². The maximum atomic E-state index is 12.8. The normalized spacial score (nSPS) is 16.2. The Kier molecular flexibility index (Phi) is 5.35. The van der Waals surface area contributed by atoms with E-state index in [9.17, 15) is 4.79 Å². The van der Waals surface area contributed by atoms with Crippen LogP contribution < -0.4 is 20.3 Å². The predicted molar refractivity (Wildman–Crippen MR) is 111 cm³/mol. The van der Waals surface area contributed by atoms with Crippen LogP contribution in [0.1, 0.15) is 12.8 Å². The van der Waals surface area contributed by atoms with Crippen LogP contribution in [0.15, 0.2) is 35.4 Å². The van der Waals surface area contributed by atoms with Crippen LogP contribution in [0.2, 0.25) is 0 Å². The largest absolute Gasteiger partial charge is 0.493 e. The zero-order valence-corrected chi connectivity index (χ0v) is 16.8. The zero-order valence-electron chi connectivity index (χ0n) is 16.8. The lowest BCUT2D eigenvalue weighted by molar-refractivity contribution is 0.120. The number of hydrogen-bond acceptors (Lipinski definition) is 7. The molecule has 0 aliphatic carbocycles. The number of anilines is 1. The third kappa shape index (κ3) is 3.75. The van der Waals surface area contributed by atoms with E-state index in [2.05, 4.69) is 10.3 Å². The average molecular weight is 396 g/mol. The summed E-state index contributed by atoms with van der Waals surface area (Å²) in [5.41, 5.74) is 1.97. The van der Waals surface area contributed by atoms with Gasteiger partial charge in [0.15, 0.2) is 11.5 Å². The lowest BCUT2D eigenvalue weighted by Crippen LogP contribution is -2.23. The summed E-state index contributed by atoms with van der Waals surface area (Å²) in [4.78, 5) is 21.9. The smallest absolute Gasteiger partial charge is 0.264 e. The fourth-order valence-corrected chi connectivity index (χ4v) is 3.51. The summed E-state index contributed by atoms with van der Waals surface area (Å²) in [6, 6.07) is 7.41. The van der Waals surface area contributed by atoms with Crippen LogP contribution in [0, 0.1) is 0 Å². The first-order chi connectivity index (χ1) is 14.1. The van der Waals surface area contributed by atoms with E-state index in [1.807, 2.05) is 24.3 Å². The second-order valence-corrected chi connectivity index (χ2v) is 7.00. The molecule has 0 bridgehead atoms. The molecule has 1 saturated heterocycles. The van der Waals surface area contributed by atoms with Crippen molar-refractivity contribution in [1.82, 2.24) is 14.5 Å². The van der Waals surface area contributed by atoms with Crippen molar-refractivity contribution in [2.45, 2.75) is 18.9 Å². The Hall–Kier alpha value is -3.13. The molecule has 0 amide bonds. The highest BCUT2D eigenvalue weighted by Gasteiger charge is 2.18. The zero-order chi connectivity index (χ0) is 20.4. The number of ether oxygens (including phenoxy) is 3. The molecule has 1 aromatic carbocycles. The van der Waals surface area contributed by atoms with Gasteiger partial charge in [0, 0.05) is 25.8 Å². The molecule has 0 spiro atoms. The lowest BCUT2D eigenvalue weighted by Gasteiger charge is -2.15. The molecule has 1 fully saturated rings. The number of aryl methyl sites for hydroxylation is 1. The quantitative estimate of drug-likeness (QED) is 0.685. The summed E-state index contributed by atoms with van der Waals surface area (Å²) in [7, 11) is 4.87. The van der Waals surface area contributed by atoms with Gasteiger partial charge in [0.2, 0.25) is 0 Å². The number of methoxy groups -OCH3 is 2. The minimum absolute atomic E-state index is 0.122. The van der Waals surface area contributed by atoms with Crippen LogP contribution in [0.5, 0.6) is 11.5 Å². The van der Waals surface area contributed by atoms with Gasteiger partial charge in [0.25, 0.3) is 5.56 Å². The summed E-state index contributed by atoms with van der Waals surface area (Å²) in [6.45, 7) is 1.37. The van der Waals surface area contributed by atoms with Crippen LogP contribution in [0.25, 0.3) is 22.2 Å². The molecular weight excluding hydrogens is 372 g/mol. The highest BCUT2D eigenvalue weighted by atomic mass is 16.5. The maximum Gasteiger partial charge on any atom is 0.264 e. The van der Waals surface area contributed by atoms with Gasteiger partial charge in [0.1, 0.15) is 11.2 Å². The fourth-order valence-electron chi connectivity index (χ4n) is 3.51. The van der Waals surface area contributed by atoms with E-state index < -0.39 is 0 Å². The van der Waals surface area contributed by atoms with Crippen LogP contribution in [0.3, 0.4) is 0 Å². The first kappa shape index (κ1) is 19.2. The van der Waals surface area contributed by atoms with E-state index >= 15 is 0 Å². The van der Waals surface area contributed by atoms with E-state index in [-0.39, 0.29) is 11.7 Å². The minimum Gasteiger partial charge on any atom is -0.493 e. The lowest BCUT2D eigenvalue weighted by atomic mass is 10.1. The number of hydrogen-bond donors (Lipinski definition) is 1. The predicted octanol–water partition coefficient (Wildman–Crippen LogP) is 2.60. The molecule has 3 aromatic rings. The Morgan fingerprint density at radius 1 is 1.24 bits per heavy atom. The number of fused-ring (bicyclic) bond motifs is 1. The van der Waals surface area contributed by atoms with Crippen LogP contribution >= 0.6 is 0 Å². The van der Waals surface area contributed by atoms with Crippen molar-refractivity contribution in [2.75, 3.05) is 32.7 Å². The molecule has 152 valence electrons. The van der Waals surface area contributed by atoms with Gasteiger partial charge in [-0.25, -0.2) is 9.97 Å². The van der Waals surface area contributed by atoms with Gasteiger partial charge < -0.3 is 24.1 Å². The summed E-state index contributed by atoms with van der Waals surface area (Å²) >= 11 is 0. The molecule has 4 rings (SSSR count). The molecule has 1 aliphatic heterocycles. The standard InChI is InChI=1S/C21H24N4O4/c1-25-12-23-16-10-15(13-6-7-17(27-2)18(9-13)28-3)24-20(19(16)21(25)26)22-11-14-5-4-8-29-14/h6-7,9-10,12,14H,4-5,8,11H2,1-3H3,(H,22,24)/t14-/m0/s1. The fraction of sp³-hybridized carbons (Fsp3) is 0.381. The van der Waals surface area contributed by atoms with Crippen molar-refractivity contribution < 1.29 is 14.2 Å². The van der Waals surface area contributed by atoms with Crippen molar-refractivity contribution in [1.29, 1.82) is 0 Å². The number of rotatable bonds is 6. The van der Waals surface area contributed by atoms with Crippen molar-refractivity contribution in [3.05, 3.63) is 40.9 Å². The first-order valence-corrected chi connectivity index (χ1v) is 9.55. The topological polar surface area (TPSA) is 87.5 Å². The molecule has 2 aromatic heterocycles. The Morgan fingerprint density at radius 2 is 2.07 bits per heavy atom. The molecule has 1 N–H and O–H groups in total. The van der Waals surface area contributed by atoms with Crippen molar-refractivity contribution >= 4 is 16.7 Å². The number of nitrogens with one attached hydrogen (secondary N) is 1. The molecule has 8 nitrogen and oxygen atoms in total. The maximum absolute atomic E-state index is 12.8. The molecule has 3 heterocycles. The van der Waals surface area contributed by atoms with E-state index in [1.165, 1.54) is 10.9 Å². The molecule has 0 unspecified atom stereocenters. The molecule has 1 aliphatic rings. The molecule has 0 saturated carbocycles. The minimum atomic E-state index is -0.142. The number of benzene rings is 1. The van der Waals surface area contributed by atoms with Gasteiger partial charge in [-0.3, -0.25) is 4.79 Å². The van der Waals surface area contributed by atoms with E-state index in [4.69, 9.17) is 19.2 Å². The third-order valence-electron chi connectivity index (χ3n) is 5.10. The Morgan fingerprint density at radius 3 is 2.79 bits per heavy atom. The highest BCUT2D eigenvalue weighted by Crippen LogP contribution is 2.33. The van der Waals surface area contributed by atoms with E-state index in [0.717, 1.165) is 25.0 Å². The molecule has 29 heavy (non-hydrogen) atoms. The summed E-state index contributed by atoms with van der Waals surface area (Å²) < 4.78 is 17.9. The Bertz CT molecular complexity index is 1090. The van der Waals surface area contributed by atoms with Gasteiger partial charge in [-0.15, -0.1) is 0 Å². The Labute approximate surface area is 168 Å².